The molecule has 0 aliphatic carbocycles. The van der Waals surface area contributed by atoms with Crippen molar-refractivity contribution in [1.29, 1.82) is 0 Å². The number of hydrogen-bond acceptors (Lipinski definition) is 0. The predicted octanol–water partition coefficient (Wildman–Crippen LogP) is 5.50. The molecule has 0 spiro atoms. The zero-order valence-electron chi connectivity index (χ0n) is 10.7. The van der Waals surface area contributed by atoms with Crippen molar-refractivity contribution in [3.8, 4) is 0 Å². The third kappa shape index (κ3) is 2.99. The number of halogens is 17. The molecule has 0 saturated heterocycles. The van der Waals surface area contributed by atoms with Gasteiger partial charge in [0.05, 0.1) is 0 Å². The van der Waals surface area contributed by atoms with Gasteiger partial charge in [0, 0.05) is 0 Å². The summed E-state index contributed by atoms with van der Waals surface area (Å²) >= 11 is 2.51. The Morgan fingerprint density at radius 1 is 0.308 bits per heavy atom. The molecule has 0 amide bonds. The molecular formula is C8CuF17. The maximum absolute atomic E-state index is 12.9. The zero-order valence-corrected chi connectivity index (χ0v) is 11.7. The topological polar surface area (TPSA) is 0 Å². The van der Waals surface area contributed by atoms with Crippen LogP contribution in [0.3, 0.4) is 0 Å². The molecule has 0 aromatic carbocycles. The van der Waals surface area contributed by atoms with E-state index >= 15 is 0 Å². The SMILES string of the molecule is FC(F)(F)C(F)(F)C(F)(F)C(F)(F)C(F)(F)C(F)(F)C(F)(F)[C](F)(F)[Cu]. The van der Waals surface area contributed by atoms with E-state index in [1.807, 2.05) is 0 Å². The van der Waals surface area contributed by atoms with Crippen LogP contribution in [0.25, 0.3) is 0 Å². The molecule has 0 aromatic heterocycles. The Kier molecular flexibility index (Phi) is 5.76. The molecule has 0 rings (SSSR count). The second-order valence-electron chi connectivity index (χ2n) is 4.39. The summed E-state index contributed by atoms with van der Waals surface area (Å²) in [6, 6.07) is 0. The molecular weight excluding hydrogens is 483 g/mol. The van der Waals surface area contributed by atoms with E-state index < -0.39 is 46.5 Å². The van der Waals surface area contributed by atoms with Gasteiger partial charge in [0.15, 0.2) is 0 Å². The van der Waals surface area contributed by atoms with Gasteiger partial charge >= 0.3 is 137 Å². The molecule has 0 aliphatic rings. The fourth-order valence-corrected chi connectivity index (χ4v) is 1.28. The van der Waals surface area contributed by atoms with Gasteiger partial charge < -0.3 is 0 Å². The average Bonchev–Trinajstić information content (AvgIpc) is 2.34. The second-order valence-corrected chi connectivity index (χ2v) is 4.99. The average molecular weight is 483 g/mol. The van der Waals surface area contributed by atoms with Crippen LogP contribution in [0.5, 0.6) is 0 Å². The van der Waals surface area contributed by atoms with Crippen molar-refractivity contribution in [3.63, 3.8) is 0 Å². The van der Waals surface area contributed by atoms with Crippen LogP contribution in [-0.2, 0) is 16.0 Å². The Bertz CT molecular complexity index is 474. The molecule has 0 heterocycles. The van der Waals surface area contributed by atoms with Gasteiger partial charge in [-0.25, -0.2) is 0 Å². The Morgan fingerprint density at radius 2 is 0.500 bits per heavy atom. The zero-order chi connectivity index (χ0) is 22.0. The third-order valence-electron chi connectivity index (χ3n) is 2.66. The molecule has 26 heavy (non-hydrogen) atoms. The monoisotopic (exact) mass is 482 g/mol. The van der Waals surface area contributed by atoms with E-state index in [9.17, 15) is 74.6 Å². The molecule has 0 N–H and O–H groups in total. The standard InChI is InChI=1S/C8F17.Cu/c9-1(10)2(11,12)3(13,14)4(15,16)5(17,18)6(19,20)7(21,22)8(23,24)25;. The fraction of sp³-hybridized carbons (Fsp3) is 1.00. The molecule has 0 radical (unpaired) electrons. The van der Waals surface area contributed by atoms with Crippen LogP contribution in [0.1, 0.15) is 0 Å². The minimum atomic E-state index is -8.61. The van der Waals surface area contributed by atoms with Crippen molar-refractivity contribution in [1.82, 2.24) is 0 Å². The summed E-state index contributed by atoms with van der Waals surface area (Å²) in [5.41, 5.74) is 0. The minimum absolute atomic E-state index is 2.51. The van der Waals surface area contributed by atoms with Gasteiger partial charge in [-0.1, -0.05) is 0 Å². The van der Waals surface area contributed by atoms with Crippen LogP contribution in [0.4, 0.5) is 74.6 Å². The normalized spacial score (nSPS) is 16.9. The first kappa shape index (κ1) is 25.3. The number of hydrogen-bond donors (Lipinski definition) is 0. The van der Waals surface area contributed by atoms with Crippen LogP contribution >= 0.6 is 0 Å². The Hall–Kier alpha value is -0.671. The van der Waals surface area contributed by atoms with Crippen LogP contribution in [0.15, 0.2) is 0 Å². The van der Waals surface area contributed by atoms with Crippen molar-refractivity contribution in [2.45, 2.75) is 46.5 Å². The van der Waals surface area contributed by atoms with Gasteiger partial charge in [-0.05, 0) is 0 Å². The van der Waals surface area contributed by atoms with E-state index in [4.69, 9.17) is 0 Å². The quantitative estimate of drug-likeness (QED) is 0.346. The number of rotatable bonds is 6. The van der Waals surface area contributed by atoms with Crippen molar-refractivity contribution in [2.24, 2.45) is 0 Å². The first-order chi connectivity index (χ1) is 10.8. The van der Waals surface area contributed by atoms with E-state index in [2.05, 4.69) is 16.0 Å². The molecule has 0 fully saturated rings. The Labute approximate surface area is 138 Å². The first-order valence-corrected chi connectivity index (χ1v) is 5.58. The van der Waals surface area contributed by atoms with E-state index in [1.54, 1.807) is 0 Å². The molecule has 0 aromatic rings. The third-order valence-corrected chi connectivity index (χ3v) is 2.96. The molecule has 162 valence electrons. The molecule has 0 saturated carbocycles. The summed E-state index contributed by atoms with van der Waals surface area (Å²) < 4.78 is 212. The van der Waals surface area contributed by atoms with Gasteiger partial charge in [0.25, 0.3) is 0 Å². The molecule has 0 bridgehead atoms. The van der Waals surface area contributed by atoms with Crippen molar-refractivity contribution >= 4 is 0 Å². The fourth-order valence-electron chi connectivity index (χ4n) is 1.13. The van der Waals surface area contributed by atoms with Gasteiger partial charge in [0.2, 0.25) is 0 Å². The van der Waals surface area contributed by atoms with E-state index in [-0.39, 0.29) is 0 Å². The Morgan fingerprint density at radius 3 is 0.692 bits per heavy atom. The number of alkyl halides is 17. The van der Waals surface area contributed by atoms with Gasteiger partial charge in [-0.15, -0.1) is 0 Å². The second kappa shape index (κ2) is 5.91. The van der Waals surface area contributed by atoms with Crippen LogP contribution in [-0.4, -0.2) is 46.5 Å². The molecule has 0 unspecified atom stereocenters. The maximum atomic E-state index is 12.9. The van der Waals surface area contributed by atoms with Gasteiger partial charge in [0.1, 0.15) is 0 Å². The molecule has 0 atom stereocenters. The Balaban J connectivity index is 6.61. The van der Waals surface area contributed by atoms with E-state index in [1.165, 1.54) is 0 Å². The predicted molar refractivity (Wildman–Crippen MR) is 40.7 cm³/mol. The summed E-state index contributed by atoms with van der Waals surface area (Å²) in [6.07, 6.45) is -7.76. The summed E-state index contributed by atoms with van der Waals surface area (Å²) in [4.78, 5) is -6.75. The summed E-state index contributed by atoms with van der Waals surface area (Å²) in [5, 5.41) is 0. The van der Waals surface area contributed by atoms with Gasteiger partial charge in [-0.3, -0.25) is 0 Å². The van der Waals surface area contributed by atoms with E-state index in [0.29, 0.717) is 0 Å². The van der Waals surface area contributed by atoms with Crippen LogP contribution in [0, 0.1) is 0 Å². The van der Waals surface area contributed by atoms with Crippen molar-refractivity contribution in [2.75, 3.05) is 0 Å². The van der Waals surface area contributed by atoms with Crippen LogP contribution in [0.2, 0.25) is 0 Å². The molecule has 0 nitrogen and oxygen atoms in total. The summed E-state index contributed by atoms with van der Waals surface area (Å²) in [6.45, 7) is 0. The van der Waals surface area contributed by atoms with Crippen molar-refractivity contribution < 1.29 is 90.6 Å². The molecule has 18 heteroatoms. The van der Waals surface area contributed by atoms with E-state index in [0.717, 1.165) is 0 Å². The van der Waals surface area contributed by atoms with Crippen LogP contribution < -0.4 is 0 Å². The van der Waals surface area contributed by atoms with Crippen molar-refractivity contribution in [3.05, 3.63) is 0 Å². The summed E-state index contributed by atoms with van der Waals surface area (Å²) in [5.74, 6) is -49.8. The first-order valence-electron chi connectivity index (χ1n) is 5.11. The van der Waals surface area contributed by atoms with Gasteiger partial charge in [-0.2, -0.15) is 0 Å². The molecule has 0 aliphatic heterocycles. The summed E-state index contributed by atoms with van der Waals surface area (Å²) in [7, 11) is 0.